The topological polar surface area (TPSA) is 26.3 Å². The Morgan fingerprint density at radius 1 is 1.36 bits per heavy atom. The summed E-state index contributed by atoms with van der Waals surface area (Å²) in [6.45, 7) is 0. The van der Waals surface area contributed by atoms with E-state index in [0.29, 0.717) is 6.29 Å². The molecule has 0 atom stereocenters. The van der Waals surface area contributed by atoms with Crippen LogP contribution in [0.1, 0.15) is 12.0 Å². The third-order valence-electron chi connectivity index (χ3n) is 1.85. The molecule has 4 heteroatoms. The van der Waals surface area contributed by atoms with Crippen LogP contribution in [0.3, 0.4) is 0 Å². The second kappa shape index (κ2) is 4.69. The molecular weight excluding hydrogens is 190 g/mol. The van der Waals surface area contributed by atoms with Crippen LogP contribution in [-0.4, -0.2) is 13.4 Å². The number of aryl methyl sites for hydroxylation is 1. The molecule has 0 fully saturated rings. The van der Waals surface area contributed by atoms with E-state index in [2.05, 4.69) is 4.74 Å². The average Bonchev–Trinajstić information content (AvgIpc) is 2.18. The van der Waals surface area contributed by atoms with Gasteiger partial charge in [0.15, 0.2) is 11.6 Å². The molecule has 0 saturated heterocycles. The Morgan fingerprint density at radius 2 is 2.07 bits per heavy atom. The highest BCUT2D eigenvalue weighted by atomic mass is 19.1. The van der Waals surface area contributed by atoms with Gasteiger partial charge in [0.25, 0.3) is 0 Å². The Balaban J connectivity index is 2.96. The summed E-state index contributed by atoms with van der Waals surface area (Å²) in [5, 5.41) is 0. The number of aldehydes is 1. The summed E-state index contributed by atoms with van der Waals surface area (Å²) in [5.74, 6) is -1.29. The van der Waals surface area contributed by atoms with Crippen molar-refractivity contribution in [3.05, 3.63) is 29.3 Å². The van der Waals surface area contributed by atoms with Crippen molar-refractivity contribution in [1.82, 2.24) is 0 Å². The number of rotatable bonds is 4. The average molecular weight is 200 g/mol. The van der Waals surface area contributed by atoms with E-state index in [1.54, 1.807) is 0 Å². The first-order chi connectivity index (χ1) is 6.69. The highest BCUT2D eigenvalue weighted by Gasteiger charge is 2.09. The smallest absolute Gasteiger partial charge is 0.165 e. The lowest BCUT2D eigenvalue weighted by Crippen LogP contribution is -1.96. The van der Waals surface area contributed by atoms with Gasteiger partial charge in [-0.2, -0.15) is 0 Å². The molecule has 76 valence electrons. The Labute approximate surface area is 80.5 Å². The zero-order chi connectivity index (χ0) is 10.6. The van der Waals surface area contributed by atoms with Crippen LogP contribution in [0.5, 0.6) is 5.75 Å². The van der Waals surface area contributed by atoms with Crippen molar-refractivity contribution in [3.8, 4) is 5.75 Å². The number of carbonyl (C=O) groups is 1. The Morgan fingerprint density at radius 3 is 2.64 bits per heavy atom. The molecule has 0 aliphatic heterocycles. The second-order valence-corrected chi connectivity index (χ2v) is 2.78. The van der Waals surface area contributed by atoms with Gasteiger partial charge in [-0.1, -0.05) is 0 Å². The number of hydrogen-bond acceptors (Lipinski definition) is 2. The van der Waals surface area contributed by atoms with Crippen LogP contribution in [0.4, 0.5) is 8.78 Å². The molecule has 0 heterocycles. The zero-order valence-electron chi connectivity index (χ0n) is 7.72. The fourth-order valence-electron chi connectivity index (χ4n) is 1.13. The summed E-state index contributed by atoms with van der Waals surface area (Å²) >= 11 is 0. The monoisotopic (exact) mass is 200 g/mol. The van der Waals surface area contributed by atoms with Gasteiger partial charge in [-0.3, -0.25) is 0 Å². The van der Waals surface area contributed by atoms with Gasteiger partial charge in [0, 0.05) is 12.5 Å². The molecule has 1 rings (SSSR count). The molecule has 0 radical (unpaired) electrons. The number of halogens is 2. The molecule has 0 aliphatic rings. The lowest BCUT2D eigenvalue weighted by Gasteiger charge is -2.05. The van der Waals surface area contributed by atoms with E-state index in [1.165, 1.54) is 7.11 Å². The molecule has 0 unspecified atom stereocenters. The third-order valence-corrected chi connectivity index (χ3v) is 1.85. The van der Waals surface area contributed by atoms with Gasteiger partial charge in [-0.15, -0.1) is 0 Å². The van der Waals surface area contributed by atoms with E-state index in [4.69, 9.17) is 0 Å². The van der Waals surface area contributed by atoms with E-state index in [9.17, 15) is 13.6 Å². The van der Waals surface area contributed by atoms with Crippen LogP contribution in [0.2, 0.25) is 0 Å². The zero-order valence-corrected chi connectivity index (χ0v) is 7.72. The molecule has 0 bridgehead atoms. The van der Waals surface area contributed by atoms with Crippen molar-refractivity contribution in [1.29, 1.82) is 0 Å². The lowest BCUT2D eigenvalue weighted by atomic mass is 10.1. The number of carbonyl (C=O) groups excluding carboxylic acids is 1. The van der Waals surface area contributed by atoms with Crippen molar-refractivity contribution in [2.75, 3.05) is 7.11 Å². The molecule has 1 aromatic carbocycles. The van der Waals surface area contributed by atoms with Gasteiger partial charge in [0.2, 0.25) is 0 Å². The van der Waals surface area contributed by atoms with Crippen LogP contribution in [0.15, 0.2) is 12.1 Å². The summed E-state index contributed by atoms with van der Waals surface area (Å²) < 4.78 is 30.9. The van der Waals surface area contributed by atoms with Crippen molar-refractivity contribution >= 4 is 6.29 Å². The van der Waals surface area contributed by atoms with Gasteiger partial charge < -0.3 is 9.53 Å². The Bertz CT molecular complexity index is 337. The van der Waals surface area contributed by atoms with E-state index in [0.717, 1.165) is 12.1 Å². The SMILES string of the molecule is COc1cc(F)c(CCC=O)cc1F. The highest BCUT2D eigenvalue weighted by Crippen LogP contribution is 2.21. The summed E-state index contributed by atoms with van der Waals surface area (Å²) in [6, 6.07) is 2.03. The summed E-state index contributed by atoms with van der Waals surface area (Å²) in [5.41, 5.74) is 0.190. The van der Waals surface area contributed by atoms with Crippen molar-refractivity contribution in [3.63, 3.8) is 0 Å². The predicted octanol–water partition coefficient (Wildman–Crippen LogP) is 2.10. The molecule has 0 amide bonds. The number of benzene rings is 1. The number of ether oxygens (including phenoxy) is 1. The fourth-order valence-corrected chi connectivity index (χ4v) is 1.13. The molecular formula is C10H10F2O2. The molecule has 0 spiro atoms. The second-order valence-electron chi connectivity index (χ2n) is 2.78. The largest absolute Gasteiger partial charge is 0.494 e. The normalized spacial score (nSPS) is 9.93. The summed E-state index contributed by atoms with van der Waals surface area (Å²) in [4.78, 5) is 10.1. The van der Waals surface area contributed by atoms with Crippen molar-refractivity contribution in [2.45, 2.75) is 12.8 Å². The van der Waals surface area contributed by atoms with Gasteiger partial charge in [-0.25, -0.2) is 8.78 Å². The molecule has 0 N–H and O–H groups in total. The number of hydrogen-bond donors (Lipinski definition) is 0. The Hall–Kier alpha value is -1.45. The first-order valence-corrected chi connectivity index (χ1v) is 4.14. The maximum atomic E-state index is 13.2. The molecule has 0 saturated carbocycles. The summed E-state index contributed by atoms with van der Waals surface area (Å²) in [6.07, 6.45) is 1.06. The molecule has 0 aromatic heterocycles. The van der Waals surface area contributed by atoms with Crippen LogP contribution in [0.25, 0.3) is 0 Å². The van der Waals surface area contributed by atoms with Crippen LogP contribution < -0.4 is 4.74 Å². The fraction of sp³-hybridized carbons (Fsp3) is 0.300. The van der Waals surface area contributed by atoms with Gasteiger partial charge in [-0.05, 0) is 18.1 Å². The van der Waals surface area contributed by atoms with Crippen molar-refractivity contribution in [2.24, 2.45) is 0 Å². The predicted molar refractivity (Wildman–Crippen MR) is 47.3 cm³/mol. The van der Waals surface area contributed by atoms with E-state index in [-0.39, 0.29) is 24.2 Å². The maximum Gasteiger partial charge on any atom is 0.165 e. The van der Waals surface area contributed by atoms with E-state index < -0.39 is 11.6 Å². The maximum absolute atomic E-state index is 13.2. The molecule has 0 aliphatic carbocycles. The first kappa shape index (κ1) is 10.6. The number of methoxy groups -OCH3 is 1. The molecule has 2 nitrogen and oxygen atoms in total. The third kappa shape index (κ3) is 2.28. The minimum absolute atomic E-state index is 0.127. The van der Waals surface area contributed by atoms with Gasteiger partial charge in [0.1, 0.15) is 12.1 Å². The minimum atomic E-state index is -0.616. The first-order valence-electron chi connectivity index (χ1n) is 4.14. The highest BCUT2D eigenvalue weighted by molar-refractivity contribution is 5.50. The van der Waals surface area contributed by atoms with Crippen LogP contribution >= 0.6 is 0 Å². The standard InChI is InChI=1S/C10H10F2O2/c1-14-10-6-8(11)7(3-2-4-13)5-9(10)12/h4-6H,2-3H2,1H3. The van der Waals surface area contributed by atoms with E-state index >= 15 is 0 Å². The van der Waals surface area contributed by atoms with Crippen molar-refractivity contribution < 1.29 is 18.3 Å². The molecule has 14 heavy (non-hydrogen) atoms. The van der Waals surface area contributed by atoms with Crippen LogP contribution in [0, 0.1) is 11.6 Å². The minimum Gasteiger partial charge on any atom is -0.494 e. The summed E-state index contributed by atoms with van der Waals surface area (Å²) in [7, 11) is 1.27. The molecule has 1 aromatic rings. The van der Waals surface area contributed by atoms with Gasteiger partial charge in [0.05, 0.1) is 7.11 Å². The van der Waals surface area contributed by atoms with E-state index in [1.807, 2.05) is 0 Å². The van der Waals surface area contributed by atoms with Gasteiger partial charge >= 0.3 is 0 Å². The quantitative estimate of drug-likeness (QED) is 0.696. The Kier molecular flexibility index (Phi) is 3.56. The lowest BCUT2D eigenvalue weighted by molar-refractivity contribution is -0.107. The van der Waals surface area contributed by atoms with Crippen LogP contribution in [-0.2, 0) is 11.2 Å².